The van der Waals surface area contributed by atoms with Crippen molar-refractivity contribution in [1.82, 2.24) is 15.0 Å². The van der Waals surface area contributed by atoms with Crippen LogP contribution in [-0.4, -0.2) is 21.2 Å². The molecule has 2 aliphatic rings. The number of fused-ring (bicyclic) bond motifs is 1. The highest BCUT2D eigenvalue weighted by molar-refractivity contribution is 7.98. The Balaban J connectivity index is 2.60. The second-order valence-corrected chi connectivity index (χ2v) is 3.45. The Morgan fingerprint density at radius 3 is 3.17 bits per heavy atom. The average Bonchev–Trinajstić information content (AvgIpc) is 2.43. The van der Waals surface area contributed by atoms with Crippen molar-refractivity contribution in [2.75, 3.05) is 6.26 Å². The minimum absolute atomic E-state index is 0.501. The van der Waals surface area contributed by atoms with Crippen LogP contribution in [0.2, 0.25) is 5.15 Å². The normalized spacial score (nSPS) is 10.8. The Kier molecular flexibility index (Phi) is 1.94. The highest BCUT2D eigenvalue weighted by Crippen LogP contribution is 2.23. The molecule has 3 nitrogen and oxygen atoms in total. The molecule has 0 radical (unpaired) electrons. The van der Waals surface area contributed by atoms with E-state index in [0.717, 1.165) is 16.5 Å². The van der Waals surface area contributed by atoms with Crippen LogP contribution in [0.15, 0.2) is 17.4 Å². The fourth-order valence-electron chi connectivity index (χ4n) is 0.970. The molecule has 0 bridgehead atoms. The number of H-pyrrole nitrogens is 1. The van der Waals surface area contributed by atoms with E-state index in [9.17, 15) is 0 Å². The van der Waals surface area contributed by atoms with Crippen molar-refractivity contribution in [2.24, 2.45) is 0 Å². The molecule has 1 N–H and O–H groups in total. The molecule has 0 saturated carbocycles. The maximum absolute atomic E-state index is 5.71. The van der Waals surface area contributed by atoms with E-state index in [1.54, 1.807) is 24.0 Å². The standard InChI is InChI=1S/C7H6ClN3S/c1-12-7-9-3-5-4(11-7)2-6(8)10-5/h2-3H,1H3,(H,9,11). The van der Waals surface area contributed by atoms with Crippen LogP contribution in [0.25, 0.3) is 11.4 Å². The van der Waals surface area contributed by atoms with E-state index in [4.69, 9.17) is 11.6 Å². The van der Waals surface area contributed by atoms with Crippen molar-refractivity contribution in [3.8, 4) is 11.4 Å². The lowest BCUT2D eigenvalue weighted by Gasteiger charge is -1.98. The number of hydrogen-bond donors (Lipinski definition) is 1. The number of halogens is 1. The molecule has 0 aromatic rings. The molecule has 0 aromatic heterocycles. The number of aromatic amines is 1. The number of nitrogens with one attached hydrogen (secondary N) is 1. The number of hydrogen-bond acceptors (Lipinski definition) is 3. The summed E-state index contributed by atoms with van der Waals surface area (Å²) in [7, 11) is 0. The molecule has 0 amide bonds. The van der Waals surface area contributed by atoms with Gasteiger partial charge in [-0.25, -0.2) is 9.97 Å². The summed E-state index contributed by atoms with van der Waals surface area (Å²) in [5.41, 5.74) is 1.73. The molecule has 62 valence electrons. The minimum Gasteiger partial charge on any atom is -0.333 e. The van der Waals surface area contributed by atoms with Gasteiger partial charge in [0.05, 0.1) is 11.9 Å². The molecule has 0 unspecified atom stereocenters. The quantitative estimate of drug-likeness (QED) is 0.566. The third kappa shape index (κ3) is 1.28. The van der Waals surface area contributed by atoms with Crippen molar-refractivity contribution in [2.45, 2.75) is 5.16 Å². The largest absolute Gasteiger partial charge is 0.333 e. The van der Waals surface area contributed by atoms with Gasteiger partial charge in [0.2, 0.25) is 0 Å². The number of nitrogens with zero attached hydrogens (tertiary/aromatic N) is 2. The summed E-state index contributed by atoms with van der Waals surface area (Å²) in [6, 6.07) is 1.79. The van der Waals surface area contributed by atoms with Crippen LogP contribution in [0.5, 0.6) is 0 Å². The first kappa shape index (κ1) is 7.89. The monoisotopic (exact) mass is 199 g/mol. The Bertz CT molecular complexity index is 373. The topological polar surface area (TPSA) is 41.6 Å². The summed E-state index contributed by atoms with van der Waals surface area (Å²) < 4.78 is 0. The van der Waals surface area contributed by atoms with Crippen molar-refractivity contribution in [3.05, 3.63) is 17.4 Å². The van der Waals surface area contributed by atoms with Gasteiger partial charge in [-0.05, 0) is 6.26 Å². The third-order valence-electron chi connectivity index (χ3n) is 1.51. The van der Waals surface area contributed by atoms with E-state index >= 15 is 0 Å². The molecule has 2 aliphatic heterocycles. The maximum atomic E-state index is 5.71. The van der Waals surface area contributed by atoms with Crippen molar-refractivity contribution >= 4 is 23.4 Å². The summed E-state index contributed by atoms with van der Waals surface area (Å²) in [5.74, 6) is 0. The van der Waals surface area contributed by atoms with Gasteiger partial charge in [0.15, 0.2) is 5.16 Å². The van der Waals surface area contributed by atoms with Gasteiger partial charge in [-0.15, -0.1) is 0 Å². The van der Waals surface area contributed by atoms with Crippen molar-refractivity contribution in [3.63, 3.8) is 0 Å². The highest BCUT2D eigenvalue weighted by atomic mass is 35.5. The third-order valence-corrected chi connectivity index (χ3v) is 2.29. The van der Waals surface area contributed by atoms with Crippen LogP contribution in [0.3, 0.4) is 0 Å². The first-order valence-electron chi connectivity index (χ1n) is 3.35. The summed E-state index contributed by atoms with van der Waals surface area (Å²) >= 11 is 7.27. The van der Waals surface area contributed by atoms with Crippen molar-refractivity contribution in [1.29, 1.82) is 0 Å². The molecule has 0 aliphatic carbocycles. The Morgan fingerprint density at radius 2 is 2.42 bits per heavy atom. The molecular weight excluding hydrogens is 194 g/mol. The highest BCUT2D eigenvalue weighted by Gasteiger charge is 2.08. The first-order chi connectivity index (χ1) is 5.79. The zero-order valence-corrected chi connectivity index (χ0v) is 7.91. The Morgan fingerprint density at radius 1 is 1.58 bits per heavy atom. The fourth-order valence-corrected chi connectivity index (χ4v) is 1.54. The predicted molar refractivity (Wildman–Crippen MR) is 49.8 cm³/mol. The van der Waals surface area contributed by atoms with E-state index in [-0.39, 0.29) is 0 Å². The van der Waals surface area contributed by atoms with Crippen LogP contribution in [-0.2, 0) is 0 Å². The second-order valence-electron chi connectivity index (χ2n) is 2.27. The summed E-state index contributed by atoms with van der Waals surface area (Å²) in [6.45, 7) is 0. The van der Waals surface area contributed by atoms with Crippen LogP contribution in [0.4, 0.5) is 0 Å². The number of rotatable bonds is 1. The van der Waals surface area contributed by atoms with Gasteiger partial charge >= 0.3 is 0 Å². The van der Waals surface area contributed by atoms with E-state index in [0.29, 0.717) is 5.15 Å². The van der Waals surface area contributed by atoms with E-state index in [1.165, 1.54) is 0 Å². The zero-order valence-electron chi connectivity index (χ0n) is 6.34. The van der Waals surface area contributed by atoms with Gasteiger partial charge in [0, 0.05) is 6.07 Å². The van der Waals surface area contributed by atoms with E-state index in [1.807, 2.05) is 6.26 Å². The van der Waals surface area contributed by atoms with Gasteiger partial charge in [0.1, 0.15) is 10.8 Å². The van der Waals surface area contributed by atoms with Crippen molar-refractivity contribution < 1.29 is 0 Å². The van der Waals surface area contributed by atoms with Gasteiger partial charge in [-0.3, -0.25) is 0 Å². The smallest absolute Gasteiger partial charge is 0.165 e. The van der Waals surface area contributed by atoms with Crippen LogP contribution in [0.1, 0.15) is 0 Å². The molecule has 0 saturated heterocycles. The summed E-state index contributed by atoms with van der Waals surface area (Å²) in [5, 5.41) is 1.37. The molecule has 12 heavy (non-hydrogen) atoms. The summed E-state index contributed by atoms with van der Waals surface area (Å²) in [6.07, 6.45) is 3.67. The fraction of sp³-hybridized carbons (Fsp3) is 0.143. The Hall–Kier alpha value is -0.740. The lowest BCUT2D eigenvalue weighted by Crippen LogP contribution is -1.88. The lowest BCUT2D eigenvalue weighted by atomic mass is 10.3. The van der Waals surface area contributed by atoms with E-state index in [2.05, 4.69) is 15.0 Å². The maximum Gasteiger partial charge on any atom is 0.165 e. The SMILES string of the molecule is CSc1ncc2nc(Cl)cc-2[nH]1. The van der Waals surface area contributed by atoms with Crippen LogP contribution < -0.4 is 0 Å². The molecule has 0 spiro atoms. The minimum atomic E-state index is 0.501. The van der Waals surface area contributed by atoms with Gasteiger partial charge in [-0.2, -0.15) is 0 Å². The average molecular weight is 200 g/mol. The predicted octanol–water partition coefficient (Wildman–Crippen LogP) is 2.28. The van der Waals surface area contributed by atoms with Crippen LogP contribution in [0, 0.1) is 0 Å². The molecular formula is C7H6ClN3S. The van der Waals surface area contributed by atoms with Gasteiger partial charge in [-0.1, -0.05) is 23.4 Å². The Labute approximate surface area is 78.9 Å². The first-order valence-corrected chi connectivity index (χ1v) is 4.95. The molecule has 2 rings (SSSR count). The molecule has 0 atom stereocenters. The molecule has 2 heterocycles. The number of aromatic nitrogens is 3. The zero-order chi connectivity index (χ0) is 8.55. The molecule has 0 fully saturated rings. The number of thioether (sulfide) groups is 1. The summed E-state index contributed by atoms with van der Waals surface area (Å²) in [4.78, 5) is 11.3. The molecule has 0 aromatic carbocycles. The lowest BCUT2D eigenvalue weighted by molar-refractivity contribution is 0.970. The second kappa shape index (κ2) is 2.95. The molecule has 5 heteroatoms. The van der Waals surface area contributed by atoms with Gasteiger partial charge < -0.3 is 4.98 Å². The van der Waals surface area contributed by atoms with Crippen LogP contribution >= 0.6 is 23.4 Å². The van der Waals surface area contributed by atoms with E-state index < -0.39 is 0 Å². The van der Waals surface area contributed by atoms with Gasteiger partial charge in [0.25, 0.3) is 0 Å².